The average molecular weight is 258 g/mol. The highest BCUT2D eigenvalue weighted by molar-refractivity contribution is 5.20. The number of benzene rings is 1. The molecule has 1 aromatic heterocycles. The molecule has 1 N–H and O–H groups in total. The van der Waals surface area contributed by atoms with Crippen molar-refractivity contribution in [2.75, 3.05) is 6.54 Å². The summed E-state index contributed by atoms with van der Waals surface area (Å²) >= 11 is 0. The Kier molecular flexibility index (Phi) is 5.16. The van der Waals surface area contributed by atoms with Crippen LogP contribution in [0.1, 0.15) is 35.4 Å². The second-order valence-corrected chi connectivity index (χ2v) is 4.92. The fourth-order valence-corrected chi connectivity index (χ4v) is 2.19. The van der Waals surface area contributed by atoms with Crippen molar-refractivity contribution >= 4 is 0 Å². The Bertz CT molecular complexity index is 471. The molecule has 0 spiro atoms. The molecule has 3 heteroatoms. The normalized spacial score (nSPS) is 10.8. The van der Waals surface area contributed by atoms with Gasteiger partial charge < -0.3 is 9.84 Å². The molecule has 0 fully saturated rings. The number of nitrogens with zero attached hydrogens (tertiary/aromatic N) is 1. The van der Waals surface area contributed by atoms with Crippen LogP contribution in [-0.2, 0) is 13.0 Å². The lowest BCUT2D eigenvalue weighted by molar-refractivity contribution is 0.392. The van der Waals surface area contributed by atoms with Crippen LogP contribution in [0.15, 0.2) is 34.9 Å². The Hall–Kier alpha value is -1.61. The largest absolute Gasteiger partial charge is 0.361 e. The van der Waals surface area contributed by atoms with Crippen LogP contribution in [-0.4, -0.2) is 11.7 Å². The maximum atomic E-state index is 5.14. The van der Waals surface area contributed by atoms with E-state index < -0.39 is 0 Å². The van der Waals surface area contributed by atoms with Gasteiger partial charge in [0.15, 0.2) is 0 Å². The lowest BCUT2D eigenvalue weighted by Crippen LogP contribution is -2.15. The third-order valence-corrected chi connectivity index (χ3v) is 3.39. The molecule has 0 bridgehead atoms. The van der Waals surface area contributed by atoms with Gasteiger partial charge in [-0.15, -0.1) is 0 Å². The van der Waals surface area contributed by atoms with Gasteiger partial charge in [-0.2, -0.15) is 0 Å². The van der Waals surface area contributed by atoms with Gasteiger partial charge in [0.2, 0.25) is 0 Å². The van der Waals surface area contributed by atoms with Crippen molar-refractivity contribution in [1.29, 1.82) is 0 Å². The molecule has 2 aromatic rings. The molecule has 0 aliphatic heterocycles. The molecule has 0 aliphatic rings. The van der Waals surface area contributed by atoms with Gasteiger partial charge in [-0.1, -0.05) is 35.5 Å². The number of rotatable bonds is 7. The van der Waals surface area contributed by atoms with Gasteiger partial charge in [0.25, 0.3) is 0 Å². The molecular formula is C16H22N2O. The fourth-order valence-electron chi connectivity index (χ4n) is 2.19. The van der Waals surface area contributed by atoms with Crippen LogP contribution in [0.2, 0.25) is 0 Å². The SMILES string of the molecule is Cc1noc(C)c1CNCCCCc1ccccc1. The minimum absolute atomic E-state index is 0.854. The summed E-state index contributed by atoms with van der Waals surface area (Å²) in [6, 6.07) is 10.7. The van der Waals surface area contributed by atoms with Gasteiger partial charge in [-0.05, 0) is 45.2 Å². The summed E-state index contributed by atoms with van der Waals surface area (Å²) in [5, 5.41) is 7.41. The molecule has 102 valence electrons. The zero-order valence-electron chi connectivity index (χ0n) is 11.8. The fraction of sp³-hybridized carbons (Fsp3) is 0.438. The highest BCUT2D eigenvalue weighted by Gasteiger charge is 2.07. The Morgan fingerprint density at radius 2 is 1.89 bits per heavy atom. The zero-order valence-corrected chi connectivity index (χ0v) is 11.8. The molecule has 0 unspecified atom stereocenters. The van der Waals surface area contributed by atoms with Gasteiger partial charge >= 0.3 is 0 Å². The van der Waals surface area contributed by atoms with E-state index in [-0.39, 0.29) is 0 Å². The summed E-state index contributed by atoms with van der Waals surface area (Å²) < 4.78 is 5.14. The third kappa shape index (κ3) is 4.21. The van der Waals surface area contributed by atoms with Crippen molar-refractivity contribution in [2.24, 2.45) is 0 Å². The molecule has 3 nitrogen and oxygen atoms in total. The van der Waals surface area contributed by atoms with Crippen LogP contribution in [0.4, 0.5) is 0 Å². The molecule has 0 amide bonds. The Morgan fingerprint density at radius 3 is 2.58 bits per heavy atom. The van der Waals surface area contributed by atoms with Crippen molar-refractivity contribution < 1.29 is 4.52 Å². The van der Waals surface area contributed by atoms with E-state index in [1.54, 1.807) is 0 Å². The van der Waals surface area contributed by atoms with Crippen molar-refractivity contribution in [1.82, 2.24) is 10.5 Å². The van der Waals surface area contributed by atoms with Crippen molar-refractivity contribution in [3.8, 4) is 0 Å². The summed E-state index contributed by atoms with van der Waals surface area (Å²) in [5.41, 5.74) is 3.62. The van der Waals surface area contributed by atoms with Crippen LogP contribution >= 0.6 is 0 Å². The van der Waals surface area contributed by atoms with Crippen molar-refractivity contribution in [3.63, 3.8) is 0 Å². The van der Waals surface area contributed by atoms with Gasteiger partial charge in [-0.25, -0.2) is 0 Å². The smallest absolute Gasteiger partial charge is 0.138 e. The van der Waals surface area contributed by atoms with Crippen LogP contribution in [0.5, 0.6) is 0 Å². The average Bonchev–Trinajstić information content (AvgIpc) is 2.75. The lowest BCUT2D eigenvalue weighted by atomic mass is 10.1. The highest BCUT2D eigenvalue weighted by atomic mass is 16.5. The molecular weight excluding hydrogens is 236 g/mol. The Morgan fingerprint density at radius 1 is 1.11 bits per heavy atom. The number of hydrogen-bond donors (Lipinski definition) is 1. The number of unbranched alkanes of at least 4 members (excludes halogenated alkanes) is 1. The Balaban J connectivity index is 1.60. The summed E-state index contributed by atoms with van der Waals surface area (Å²) in [7, 11) is 0. The van der Waals surface area contributed by atoms with Gasteiger partial charge in [-0.3, -0.25) is 0 Å². The van der Waals surface area contributed by atoms with Crippen LogP contribution in [0.25, 0.3) is 0 Å². The molecule has 0 atom stereocenters. The quantitative estimate of drug-likeness (QED) is 0.773. The molecule has 0 radical (unpaired) electrons. The van der Waals surface area contributed by atoms with E-state index in [0.29, 0.717) is 0 Å². The first-order chi connectivity index (χ1) is 9.27. The minimum atomic E-state index is 0.854. The summed E-state index contributed by atoms with van der Waals surface area (Å²) in [6.07, 6.45) is 3.57. The molecule has 1 aromatic carbocycles. The molecule has 2 rings (SSSR count). The number of nitrogens with one attached hydrogen (secondary N) is 1. The predicted molar refractivity (Wildman–Crippen MR) is 77.1 cm³/mol. The first kappa shape index (κ1) is 13.8. The first-order valence-electron chi connectivity index (χ1n) is 6.94. The topological polar surface area (TPSA) is 38.1 Å². The second-order valence-electron chi connectivity index (χ2n) is 4.92. The van der Waals surface area contributed by atoms with Crippen LogP contribution in [0.3, 0.4) is 0 Å². The van der Waals surface area contributed by atoms with E-state index in [4.69, 9.17) is 4.52 Å². The van der Waals surface area contributed by atoms with E-state index in [9.17, 15) is 0 Å². The summed E-state index contributed by atoms with van der Waals surface area (Å²) in [5.74, 6) is 0.925. The molecule has 19 heavy (non-hydrogen) atoms. The van der Waals surface area contributed by atoms with E-state index >= 15 is 0 Å². The monoisotopic (exact) mass is 258 g/mol. The Labute approximate surface area is 115 Å². The first-order valence-corrected chi connectivity index (χ1v) is 6.94. The second kappa shape index (κ2) is 7.10. The minimum Gasteiger partial charge on any atom is -0.361 e. The number of aromatic nitrogens is 1. The molecule has 1 heterocycles. The van der Waals surface area contributed by atoms with Crippen molar-refractivity contribution in [3.05, 3.63) is 52.9 Å². The van der Waals surface area contributed by atoms with E-state index in [1.807, 2.05) is 13.8 Å². The zero-order chi connectivity index (χ0) is 13.5. The van der Waals surface area contributed by atoms with E-state index in [0.717, 1.165) is 31.0 Å². The molecule has 0 saturated carbocycles. The third-order valence-electron chi connectivity index (χ3n) is 3.39. The molecule has 0 saturated heterocycles. The van der Waals surface area contributed by atoms with Gasteiger partial charge in [0.1, 0.15) is 5.76 Å². The number of aryl methyl sites for hydroxylation is 3. The summed E-state index contributed by atoms with van der Waals surface area (Å²) in [4.78, 5) is 0. The van der Waals surface area contributed by atoms with Crippen LogP contribution < -0.4 is 5.32 Å². The highest BCUT2D eigenvalue weighted by Crippen LogP contribution is 2.11. The predicted octanol–water partition coefficient (Wildman–Crippen LogP) is 3.40. The van der Waals surface area contributed by atoms with Gasteiger partial charge in [0, 0.05) is 12.1 Å². The number of hydrogen-bond acceptors (Lipinski definition) is 3. The van der Waals surface area contributed by atoms with E-state index in [2.05, 4.69) is 40.8 Å². The van der Waals surface area contributed by atoms with Gasteiger partial charge in [0.05, 0.1) is 5.69 Å². The standard InChI is InChI=1S/C16H22N2O/c1-13-16(14(2)19-18-13)12-17-11-7-6-10-15-8-4-3-5-9-15/h3-5,8-9,17H,6-7,10-12H2,1-2H3. The maximum absolute atomic E-state index is 5.14. The van der Waals surface area contributed by atoms with E-state index in [1.165, 1.54) is 24.0 Å². The van der Waals surface area contributed by atoms with Crippen LogP contribution in [0, 0.1) is 13.8 Å². The maximum Gasteiger partial charge on any atom is 0.138 e. The lowest BCUT2D eigenvalue weighted by Gasteiger charge is -2.04. The molecule has 0 aliphatic carbocycles. The van der Waals surface area contributed by atoms with Crippen molar-refractivity contribution in [2.45, 2.75) is 39.7 Å². The summed E-state index contributed by atoms with van der Waals surface area (Å²) in [6.45, 7) is 5.85.